The molecule has 1 atom stereocenters. The number of rotatable bonds is 59. The van der Waals surface area contributed by atoms with Crippen molar-refractivity contribution in [2.75, 3.05) is 13.2 Å². The predicted octanol–water partition coefficient (Wildman–Crippen LogP) is 23.1. The van der Waals surface area contributed by atoms with Crippen molar-refractivity contribution in [2.24, 2.45) is 0 Å². The third kappa shape index (κ3) is 66.0. The largest absolute Gasteiger partial charge is 0.462 e. The molecule has 0 saturated heterocycles. The third-order valence-corrected chi connectivity index (χ3v) is 13.8. The summed E-state index contributed by atoms with van der Waals surface area (Å²) in [5.41, 5.74) is 0. The van der Waals surface area contributed by atoms with Crippen LogP contribution in [0, 0.1) is 0 Å². The van der Waals surface area contributed by atoms with Crippen LogP contribution in [-0.2, 0) is 28.6 Å². The molecule has 0 spiro atoms. The number of carbonyl (C=O) groups excluding carboxylic acids is 3. The predicted molar refractivity (Wildman–Crippen MR) is 352 cm³/mol. The lowest BCUT2D eigenvalue weighted by atomic mass is 10.0. The lowest BCUT2D eigenvalue weighted by Gasteiger charge is -2.18. The van der Waals surface area contributed by atoms with E-state index in [0.29, 0.717) is 12.8 Å². The van der Waals surface area contributed by atoms with Gasteiger partial charge in [0.2, 0.25) is 0 Å². The van der Waals surface area contributed by atoms with Crippen LogP contribution in [0.3, 0.4) is 0 Å². The van der Waals surface area contributed by atoms with E-state index in [9.17, 15) is 14.4 Å². The smallest absolute Gasteiger partial charge is 0.306 e. The normalized spacial score (nSPS) is 13.1. The van der Waals surface area contributed by atoms with E-state index in [2.05, 4.69) is 167 Å². The second-order valence-electron chi connectivity index (χ2n) is 21.6. The highest BCUT2D eigenvalue weighted by molar-refractivity contribution is 5.71. The van der Waals surface area contributed by atoms with Crippen LogP contribution in [0.1, 0.15) is 290 Å². The second-order valence-corrected chi connectivity index (χ2v) is 21.6. The van der Waals surface area contributed by atoms with Gasteiger partial charge in [0.15, 0.2) is 6.10 Å². The lowest BCUT2D eigenvalue weighted by molar-refractivity contribution is -0.167. The fourth-order valence-electron chi connectivity index (χ4n) is 8.92. The highest BCUT2D eigenvalue weighted by atomic mass is 16.6. The molecule has 1 unspecified atom stereocenters. The molecule has 0 aromatic rings. The van der Waals surface area contributed by atoms with Gasteiger partial charge in [-0.2, -0.15) is 0 Å². The Balaban J connectivity index is 4.51. The SMILES string of the molecule is CC/C=C\C/C=C\C/C=C\C/C=C\C/C=C\C/C=C\CCCCCCC(=O)OCC(COC(=O)CCCCCCCCCCCCCCCCCCC)OC(=O)CCCCCC/C=C\C/C=C\C/C=C\C/C=C\C/C=C\C/C=C\CC. The quantitative estimate of drug-likeness (QED) is 0.0261. The number of hydrogen-bond donors (Lipinski definition) is 0. The zero-order valence-corrected chi connectivity index (χ0v) is 52.5. The van der Waals surface area contributed by atoms with Gasteiger partial charge >= 0.3 is 17.9 Å². The summed E-state index contributed by atoms with van der Waals surface area (Å²) in [6.45, 7) is 6.39. The van der Waals surface area contributed by atoms with Crippen LogP contribution in [0.25, 0.3) is 0 Å². The first-order chi connectivity index (χ1) is 40.0. The van der Waals surface area contributed by atoms with Crippen molar-refractivity contribution in [3.05, 3.63) is 146 Å². The number of carbonyl (C=O) groups is 3. The Morgan fingerprint density at radius 1 is 0.259 bits per heavy atom. The van der Waals surface area contributed by atoms with Crippen molar-refractivity contribution in [1.29, 1.82) is 0 Å². The Kier molecular flexibility index (Phi) is 63.9. The van der Waals surface area contributed by atoms with Gasteiger partial charge in [-0.1, -0.05) is 295 Å². The molecule has 458 valence electrons. The summed E-state index contributed by atoms with van der Waals surface area (Å²) in [6.07, 6.45) is 97.0. The average molecular weight is 1120 g/mol. The first-order valence-electron chi connectivity index (χ1n) is 33.3. The topological polar surface area (TPSA) is 78.9 Å². The minimum Gasteiger partial charge on any atom is -0.462 e. The minimum atomic E-state index is -0.810. The Bertz CT molecular complexity index is 1760. The number of ether oxygens (including phenoxy) is 3. The first-order valence-corrected chi connectivity index (χ1v) is 33.3. The molecule has 0 aliphatic carbocycles. The second kappa shape index (κ2) is 67.8. The molecule has 0 aliphatic heterocycles. The van der Waals surface area contributed by atoms with Gasteiger partial charge in [0.1, 0.15) is 13.2 Å². The van der Waals surface area contributed by atoms with Crippen molar-refractivity contribution >= 4 is 17.9 Å². The van der Waals surface area contributed by atoms with Crippen LogP contribution in [0.5, 0.6) is 0 Å². The summed E-state index contributed by atoms with van der Waals surface area (Å²) < 4.78 is 16.9. The van der Waals surface area contributed by atoms with Crippen LogP contribution in [0.15, 0.2) is 146 Å². The molecule has 0 aliphatic rings. The van der Waals surface area contributed by atoms with Gasteiger partial charge in [-0.15, -0.1) is 0 Å². The highest BCUT2D eigenvalue weighted by Gasteiger charge is 2.19. The Labute approximate surface area is 499 Å². The van der Waals surface area contributed by atoms with Gasteiger partial charge in [-0.25, -0.2) is 0 Å². The number of unbranched alkanes of at least 4 members (excludes halogenated alkanes) is 24. The molecule has 0 N–H and O–H groups in total. The van der Waals surface area contributed by atoms with E-state index in [0.717, 1.165) is 161 Å². The summed E-state index contributed by atoms with van der Waals surface area (Å²) in [5, 5.41) is 0. The number of hydrogen-bond acceptors (Lipinski definition) is 6. The Morgan fingerprint density at radius 3 is 0.753 bits per heavy atom. The van der Waals surface area contributed by atoms with Crippen LogP contribution < -0.4 is 0 Å². The molecule has 0 radical (unpaired) electrons. The van der Waals surface area contributed by atoms with E-state index >= 15 is 0 Å². The van der Waals surface area contributed by atoms with Gasteiger partial charge in [0, 0.05) is 19.3 Å². The maximum atomic E-state index is 12.9. The van der Waals surface area contributed by atoms with Crippen molar-refractivity contribution in [1.82, 2.24) is 0 Å². The van der Waals surface area contributed by atoms with Gasteiger partial charge in [-0.05, 0) is 122 Å². The average Bonchev–Trinajstić information content (AvgIpc) is 3.47. The molecular formula is C75H122O6. The van der Waals surface area contributed by atoms with Crippen molar-refractivity contribution in [2.45, 2.75) is 297 Å². The minimum absolute atomic E-state index is 0.0998. The maximum Gasteiger partial charge on any atom is 0.306 e. The molecule has 0 bridgehead atoms. The molecule has 0 heterocycles. The molecule has 0 rings (SSSR count). The number of allylic oxidation sites excluding steroid dienone is 24. The van der Waals surface area contributed by atoms with E-state index < -0.39 is 6.10 Å². The van der Waals surface area contributed by atoms with E-state index in [1.54, 1.807) is 0 Å². The summed E-state index contributed by atoms with van der Waals surface area (Å²) >= 11 is 0. The molecule has 0 fully saturated rings. The van der Waals surface area contributed by atoms with E-state index in [4.69, 9.17) is 14.2 Å². The Hall–Kier alpha value is -4.71. The highest BCUT2D eigenvalue weighted by Crippen LogP contribution is 2.16. The van der Waals surface area contributed by atoms with Crippen LogP contribution in [-0.4, -0.2) is 37.2 Å². The van der Waals surface area contributed by atoms with E-state index in [1.807, 2.05) is 0 Å². The van der Waals surface area contributed by atoms with Crippen molar-refractivity contribution in [3.63, 3.8) is 0 Å². The van der Waals surface area contributed by atoms with Crippen LogP contribution >= 0.6 is 0 Å². The standard InChI is InChI=1S/C75H122O6/c1-4-7-10-13-16-19-22-25-28-31-33-35-37-39-41-44-47-50-53-56-59-62-65-68-74(77)80-71-72(70-79-73(76)67-64-61-58-55-52-49-46-43-30-27-24-21-18-15-12-9-6-3)81-75(78)69-66-63-60-57-54-51-48-45-42-40-38-36-34-32-29-26-23-20-17-14-11-8-5-2/h7-8,10-11,16-17,19-20,25-26,28-29,33-36,39-42,47-48,50-51,72H,4-6,9,12-15,18,21-24,27,30-32,37-38,43-46,49,52-71H2,1-3H3/b10-7-,11-8-,19-16-,20-17-,28-25-,29-26-,35-33-,36-34-,41-39-,42-40-,50-47-,51-48-. The molecule has 0 amide bonds. The first kappa shape index (κ1) is 76.3. The molecule has 81 heavy (non-hydrogen) atoms. The van der Waals surface area contributed by atoms with Crippen LogP contribution in [0.4, 0.5) is 0 Å². The van der Waals surface area contributed by atoms with Gasteiger partial charge in [0.25, 0.3) is 0 Å². The Morgan fingerprint density at radius 2 is 0.481 bits per heavy atom. The molecule has 0 aromatic heterocycles. The molecular weight excluding hydrogens is 997 g/mol. The summed E-state index contributed by atoms with van der Waals surface area (Å²) in [7, 11) is 0. The van der Waals surface area contributed by atoms with Gasteiger partial charge < -0.3 is 14.2 Å². The third-order valence-electron chi connectivity index (χ3n) is 13.8. The molecule has 0 aromatic carbocycles. The van der Waals surface area contributed by atoms with E-state index in [-0.39, 0.29) is 37.5 Å². The molecule has 6 heteroatoms. The fourth-order valence-corrected chi connectivity index (χ4v) is 8.92. The van der Waals surface area contributed by atoms with E-state index in [1.165, 1.54) is 89.9 Å². The summed E-state index contributed by atoms with van der Waals surface area (Å²) in [4.78, 5) is 38.4. The zero-order chi connectivity index (χ0) is 58.5. The monoisotopic (exact) mass is 1120 g/mol. The number of esters is 3. The maximum absolute atomic E-state index is 12.9. The fraction of sp³-hybridized carbons (Fsp3) is 0.640. The van der Waals surface area contributed by atoms with Crippen LogP contribution in [0.2, 0.25) is 0 Å². The van der Waals surface area contributed by atoms with Crippen molar-refractivity contribution in [3.8, 4) is 0 Å². The molecule has 6 nitrogen and oxygen atoms in total. The summed E-state index contributed by atoms with van der Waals surface area (Å²) in [6, 6.07) is 0. The van der Waals surface area contributed by atoms with Crippen molar-refractivity contribution < 1.29 is 28.6 Å². The zero-order valence-electron chi connectivity index (χ0n) is 52.5. The molecule has 0 saturated carbocycles. The van der Waals surface area contributed by atoms with Gasteiger partial charge in [0.05, 0.1) is 0 Å². The van der Waals surface area contributed by atoms with Gasteiger partial charge in [-0.3, -0.25) is 14.4 Å². The summed E-state index contributed by atoms with van der Waals surface area (Å²) in [5.74, 6) is -0.946. The lowest BCUT2D eigenvalue weighted by Crippen LogP contribution is -2.30.